The van der Waals surface area contributed by atoms with E-state index in [2.05, 4.69) is 5.32 Å². The number of carbonyl (C=O) groups is 2. The minimum Gasteiger partial charge on any atom is -0.378 e. The molecule has 1 N–H and O–H groups in total. The molecule has 0 spiro atoms. The van der Waals surface area contributed by atoms with Crippen LogP contribution in [-0.2, 0) is 4.79 Å². The molecule has 4 heteroatoms. The molecule has 1 atom stereocenters. The van der Waals surface area contributed by atoms with E-state index in [-0.39, 0.29) is 17.7 Å². The Bertz CT molecular complexity index is 835. The quantitative estimate of drug-likeness (QED) is 0.684. The van der Waals surface area contributed by atoms with Gasteiger partial charge in [0.25, 0.3) is 5.91 Å². The lowest BCUT2D eigenvalue weighted by molar-refractivity contribution is -0.132. The standard InChI is InChI=1S/C20H20N2O2/c23-19(17-10-5-7-14-6-1-2-9-16(14)17)12-18-20(24)22-11-4-3-8-15(22)13-21-18/h1-2,5-7,9-10,12,15,21H,3-4,8,11,13H2. The largest absolute Gasteiger partial charge is 0.378 e. The van der Waals surface area contributed by atoms with Gasteiger partial charge in [-0.1, -0.05) is 42.5 Å². The Morgan fingerprint density at radius 3 is 2.88 bits per heavy atom. The van der Waals surface area contributed by atoms with Crippen LogP contribution in [0.1, 0.15) is 29.6 Å². The van der Waals surface area contributed by atoms with Gasteiger partial charge >= 0.3 is 0 Å². The van der Waals surface area contributed by atoms with Crippen molar-refractivity contribution in [3.8, 4) is 0 Å². The molecule has 4 rings (SSSR count). The van der Waals surface area contributed by atoms with Crippen molar-refractivity contribution >= 4 is 22.5 Å². The van der Waals surface area contributed by atoms with Crippen LogP contribution < -0.4 is 5.32 Å². The number of amides is 1. The minimum absolute atomic E-state index is 0.0421. The molecule has 2 heterocycles. The van der Waals surface area contributed by atoms with Crippen molar-refractivity contribution in [3.63, 3.8) is 0 Å². The number of hydrogen-bond acceptors (Lipinski definition) is 3. The molecule has 1 unspecified atom stereocenters. The van der Waals surface area contributed by atoms with Crippen molar-refractivity contribution in [1.29, 1.82) is 0 Å². The van der Waals surface area contributed by atoms with Crippen molar-refractivity contribution in [2.45, 2.75) is 25.3 Å². The van der Waals surface area contributed by atoms with Gasteiger partial charge in [0.2, 0.25) is 0 Å². The Hall–Kier alpha value is -2.62. The number of nitrogens with zero attached hydrogens (tertiary/aromatic N) is 1. The Labute approximate surface area is 141 Å². The molecular weight excluding hydrogens is 300 g/mol. The SMILES string of the molecule is O=C(C=C1NCC2CCCCN2C1=O)c1cccc2ccccc12. The lowest BCUT2D eigenvalue weighted by Crippen LogP contribution is -2.55. The maximum Gasteiger partial charge on any atom is 0.270 e. The molecule has 2 fully saturated rings. The number of piperidine rings is 1. The first-order chi connectivity index (χ1) is 11.7. The Balaban J connectivity index is 1.65. The minimum atomic E-state index is -0.127. The second kappa shape index (κ2) is 6.11. The first-order valence-corrected chi connectivity index (χ1v) is 8.53. The zero-order valence-electron chi connectivity index (χ0n) is 13.5. The summed E-state index contributed by atoms with van der Waals surface area (Å²) in [7, 11) is 0. The Morgan fingerprint density at radius 1 is 1.12 bits per heavy atom. The molecule has 122 valence electrons. The molecule has 2 saturated heterocycles. The van der Waals surface area contributed by atoms with Crippen LogP contribution in [0, 0.1) is 0 Å². The van der Waals surface area contributed by atoms with Crippen LogP contribution in [0.15, 0.2) is 54.2 Å². The summed E-state index contributed by atoms with van der Waals surface area (Å²) in [6, 6.07) is 13.8. The summed E-state index contributed by atoms with van der Waals surface area (Å²) >= 11 is 0. The van der Waals surface area contributed by atoms with E-state index in [1.165, 1.54) is 12.5 Å². The van der Waals surface area contributed by atoms with Gasteiger partial charge in [-0.2, -0.15) is 0 Å². The van der Waals surface area contributed by atoms with Crippen molar-refractivity contribution in [3.05, 3.63) is 59.8 Å². The van der Waals surface area contributed by atoms with E-state index in [0.717, 1.165) is 36.7 Å². The fourth-order valence-electron chi connectivity index (χ4n) is 3.70. The first-order valence-electron chi connectivity index (χ1n) is 8.53. The monoisotopic (exact) mass is 320 g/mol. The molecule has 24 heavy (non-hydrogen) atoms. The fourth-order valence-corrected chi connectivity index (χ4v) is 3.70. The average molecular weight is 320 g/mol. The molecule has 0 bridgehead atoms. The summed E-state index contributed by atoms with van der Waals surface area (Å²) in [5, 5.41) is 5.11. The normalized spacial score (nSPS) is 22.3. The van der Waals surface area contributed by atoms with Crippen LogP contribution in [0.2, 0.25) is 0 Å². The third-order valence-corrected chi connectivity index (χ3v) is 4.98. The third kappa shape index (κ3) is 2.58. The van der Waals surface area contributed by atoms with Crippen molar-refractivity contribution < 1.29 is 9.59 Å². The molecule has 2 aromatic carbocycles. The molecule has 0 radical (unpaired) electrons. The molecule has 0 aliphatic carbocycles. The summed E-state index contributed by atoms with van der Waals surface area (Å²) in [4.78, 5) is 27.3. The van der Waals surface area contributed by atoms with Gasteiger partial charge in [-0.15, -0.1) is 0 Å². The molecule has 2 aliphatic rings. The van der Waals surface area contributed by atoms with Crippen molar-refractivity contribution in [1.82, 2.24) is 10.2 Å². The third-order valence-electron chi connectivity index (χ3n) is 4.98. The van der Waals surface area contributed by atoms with Crippen LogP contribution in [-0.4, -0.2) is 35.7 Å². The van der Waals surface area contributed by atoms with Crippen molar-refractivity contribution in [2.75, 3.05) is 13.1 Å². The van der Waals surface area contributed by atoms with Gasteiger partial charge in [0, 0.05) is 30.8 Å². The highest BCUT2D eigenvalue weighted by Crippen LogP contribution is 2.23. The number of benzene rings is 2. The van der Waals surface area contributed by atoms with Crippen LogP contribution >= 0.6 is 0 Å². The summed E-state index contributed by atoms with van der Waals surface area (Å²) in [5.74, 6) is -0.169. The number of rotatable bonds is 2. The lowest BCUT2D eigenvalue weighted by Gasteiger charge is -2.40. The summed E-state index contributed by atoms with van der Waals surface area (Å²) in [6.07, 6.45) is 4.73. The van der Waals surface area contributed by atoms with Gasteiger partial charge in [-0.25, -0.2) is 0 Å². The fraction of sp³-hybridized carbons (Fsp3) is 0.300. The smallest absolute Gasteiger partial charge is 0.270 e. The summed E-state index contributed by atoms with van der Waals surface area (Å²) < 4.78 is 0. The van der Waals surface area contributed by atoms with Gasteiger partial charge in [-0.3, -0.25) is 9.59 Å². The van der Waals surface area contributed by atoms with Gasteiger partial charge in [0.15, 0.2) is 5.78 Å². The number of ketones is 1. The van der Waals surface area contributed by atoms with E-state index < -0.39 is 0 Å². The molecule has 1 amide bonds. The predicted octanol–water partition coefficient (Wildman–Crippen LogP) is 2.89. The van der Waals surface area contributed by atoms with E-state index in [9.17, 15) is 9.59 Å². The maximum atomic E-state index is 12.7. The first kappa shape index (κ1) is 14.9. The molecular formula is C20H20N2O2. The van der Waals surface area contributed by atoms with E-state index in [4.69, 9.17) is 0 Å². The van der Waals surface area contributed by atoms with Crippen LogP contribution in [0.3, 0.4) is 0 Å². The highest BCUT2D eigenvalue weighted by atomic mass is 16.2. The highest BCUT2D eigenvalue weighted by Gasteiger charge is 2.33. The summed E-state index contributed by atoms with van der Waals surface area (Å²) in [5.41, 5.74) is 1.06. The number of nitrogens with one attached hydrogen (secondary N) is 1. The summed E-state index contributed by atoms with van der Waals surface area (Å²) in [6.45, 7) is 1.53. The predicted molar refractivity (Wildman–Crippen MR) is 93.7 cm³/mol. The van der Waals surface area contributed by atoms with E-state index in [1.807, 2.05) is 47.4 Å². The van der Waals surface area contributed by atoms with E-state index in [0.29, 0.717) is 11.3 Å². The Morgan fingerprint density at radius 2 is 1.96 bits per heavy atom. The molecule has 0 saturated carbocycles. The van der Waals surface area contributed by atoms with Gasteiger partial charge in [-0.05, 0) is 30.0 Å². The van der Waals surface area contributed by atoms with Crippen LogP contribution in [0.25, 0.3) is 10.8 Å². The number of carbonyl (C=O) groups excluding carboxylic acids is 2. The van der Waals surface area contributed by atoms with Crippen molar-refractivity contribution in [2.24, 2.45) is 0 Å². The second-order valence-corrected chi connectivity index (χ2v) is 6.48. The number of fused-ring (bicyclic) bond motifs is 2. The topological polar surface area (TPSA) is 49.4 Å². The lowest BCUT2D eigenvalue weighted by atomic mass is 9.97. The van der Waals surface area contributed by atoms with Gasteiger partial charge in [0.05, 0.1) is 0 Å². The molecule has 4 nitrogen and oxygen atoms in total. The van der Waals surface area contributed by atoms with Gasteiger partial charge in [0.1, 0.15) is 5.70 Å². The molecule has 2 aromatic rings. The number of allylic oxidation sites excluding steroid dienone is 1. The zero-order valence-corrected chi connectivity index (χ0v) is 13.5. The average Bonchev–Trinajstić information content (AvgIpc) is 2.63. The molecule has 0 aromatic heterocycles. The second-order valence-electron chi connectivity index (χ2n) is 6.48. The Kier molecular flexibility index (Phi) is 3.81. The highest BCUT2D eigenvalue weighted by molar-refractivity contribution is 6.15. The number of piperazine rings is 1. The maximum absolute atomic E-state index is 12.7. The van der Waals surface area contributed by atoms with E-state index >= 15 is 0 Å². The molecule has 2 aliphatic heterocycles. The van der Waals surface area contributed by atoms with Crippen LogP contribution in [0.4, 0.5) is 0 Å². The number of hydrogen-bond donors (Lipinski definition) is 1. The van der Waals surface area contributed by atoms with Crippen LogP contribution in [0.5, 0.6) is 0 Å². The zero-order chi connectivity index (χ0) is 16.5. The van der Waals surface area contributed by atoms with Gasteiger partial charge < -0.3 is 10.2 Å². The van der Waals surface area contributed by atoms with E-state index in [1.54, 1.807) is 0 Å².